The number of ether oxygens (including phenoxy) is 1. The van der Waals surface area contributed by atoms with Gasteiger partial charge in [-0.15, -0.1) is 0 Å². The Morgan fingerprint density at radius 1 is 0.963 bits per heavy atom. The molecule has 0 heterocycles. The number of rotatable bonds is 7. The number of hydrogen-bond acceptors (Lipinski definition) is 4. The summed E-state index contributed by atoms with van der Waals surface area (Å²) in [7, 11) is -5.69. The maximum atomic E-state index is 12.6. The van der Waals surface area contributed by atoms with Gasteiger partial charge in [-0.25, -0.2) is 0 Å². The molecule has 27 heavy (non-hydrogen) atoms. The summed E-state index contributed by atoms with van der Waals surface area (Å²) in [5, 5.41) is 0. The summed E-state index contributed by atoms with van der Waals surface area (Å²) < 4.78 is 73.3. The zero-order chi connectivity index (χ0) is 19.8. The average molecular weight is 512 g/mol. The fourth-order valence-electron chi connectivity index (χ4n) is 1.75. The third-order valence-electron chi connectivity index (χ3n) is 3.00. The van der Waals surface area contributed by atoms with Crippen LogP contribution in [0.1, 0.15) is 12.0 Å². The molecule has 0 aromatic heterocycles. The number of hydrogen-bond donors (Lipinski definition) is 0. The molecule has 0 radical (unpaired) electrons. The van der Waals surface area contributed by atoms with Gasteiger partial charge in [0.05, 0.1) is 0 Å². The summed E-state index contributed by atoms with van der Waals surface area (Å²) in [6, 6.07) is 17.3. The van der Waals surface area contributed by atoms with Crippen LogP contribution in [0.15, 0.2) is 60.7 Å². The van der Waals surface area contributed by atoms with Crippen molar-refractivity contribution in [1.29, 1.82) is 0 Å². The van der Waals surface area contributed by atoms with Crippen molar-refractivity contribution in [3.05, 3.63) is 69.8 Å². The average Bonchev–Trinajstić information content (AvgIpc) is 2.64. The van der Waals surface area contributed by atoms with Crippen molar-refractivity contribution >= 4 is 30.4 Å². The fraction of sp³-hybridized carbons (Fsp3) is 0.222. The monoisotopic (exact) mass is 512 g/mol. The molecular weight excluding hydrogens is 496 g/mol. The first-order chi connectivity index (χ1) is 12.8. The molecule has 0 aliphatic carbocycles. The second kappa shape index (κ2) is 10.1. The summed E-state index contributed by atoms with van der Waals surface area (Å²) in [6.45, 7) is 0.662. The van der Waals surface area contributed by atoms with Gasteiger partial charge < -0.3 is 0 Å². The van der Waals surface area contributed by atoms with Gasteiger partial charge in [0.1, 0.15) is 0 Å². The van der Waals surface area contributed by atoms with Crippen LogP contribution < -0.4 is 0 Å². The second-order valence-electron chi connectivity index (χ2n) is 5.07. The molecule has 0 bridgehead atoms. The quantitative estimate of drug-likeness (QED) is 0.234. The fourth-order valence-corrected chi connectivity index (χ4v) is 7.01. The van der Waals surface area contributed by atoms with E-state index < -0.39 is 35.9 Å². The van der Waals surface area contributed by atoms with Crippen molar-refractivity contribution < 1.29 is 28.8 Å². The Bertz CT molecular complexity index is 876. The SMILES string of the molecule is O=S(=O)(OI(C#CCCOCc1ccccc1)c1ccccc1)C(F)(F)F. The molecule has 0 aliphatic rings. The first-order valence-electron chi connectivity index (χ1n) is 7.66. The third kappa shape index (κ3) is 7.14. The summed E-state index contributed by atoms with van der Waals surface area (Å²) in [4.78, 5) is 0. The van der Waals surface area contributed by atoms with Crippen molar-refractivity contribution in [1.82, 2.24) is 0 Å². The molecule has 0 N–H and O–H groups in total. The van der Waals surface area contributed by atoms with Crippen molar-refractivity contribution in [2.45, 2.75) is 18.5 Å². The van der Waals surface area contributed by atoms with Crippen LogP contribution in [0.4, 0.5) is 13.2 Å². The van der Waals surface area contributed by atoms with E-state index in [4.69, 9.17) is 4.74 Å². The molecule has 0 unspecified atom stereocenters. The Labute approximate surface area is 163 Å². The Kier molecular flexibility index (Phi) is 8.09. The van der Waals surface area contributed by atoms with E-state index in [9.17, 15) is 21.6 Å². The van der Waals surface area contributed by atoms with Crippen LogP contribution >= 0.6 is 20.2 Å². The first-order valence-corrected chi connectivity index (χ1v) is 12.1. The van der Waals surface area contributed by atoms with Crippen LogP contribution in [0.25, 0.3) is 0 Å². The van der Waals surface area contributed by atoms with E-state index in [1.807, 2.05) is 30.3 Å². The predicted molar refractivity (Wildman–Crippen MR) is 104 cm³/mol. The molecule has 0 aliphatic heterocycles. The molecule has 0 atom stereocenters. The van der Waals surface area contributed by atoms with E-state index in [1.165, 1.54) is 12.1 Å². The molecule has 2 aromatic rings. The summed E-state index contributed by atoms with van der Waals surface area (Å²) >= 11 is -3.36. The predicted octanol–water partition coefficient (Wildman–Crippen LogP) is 4.71. The van der Waals surface area contributed by atoms with Gasteiger partial charge in [0, 0.05) is 0 Å². The van der Waals surface area contributed by atoms with E-state index >= 15 is 0 Å². The van der Waals surface area contributed by atoms with Gasteiger partial charge in [-0.1, -0.05) is 0 Å². The van der Waals surface area contributed by atoms with E-state index in [0.29, 0.717) is 10.2 Å². The molecule has 146 valence electrons. The molecule has 9 heteroatoms. The maximum absolute atomic E-state index is 12.6. The molecule has 0 saturated heterocycles. The summed E-state index contributed by atoms with van der Waals surface area (Å²) in [5.41, 5.74) is -4.49. The zero-order valence-corrected chi connectivity index (χ0v) is 16.9. The summed E-state index contributed by atoms with van der Waals surface area (Å²) in [5.74, 6) is 2.68. The molecule has 2 rings (SSSR count). The van der Waals surface area contributed by atoms with Crippen LogP contribution in [-0.4, -0.2) is 20.5 Å². The molecule has 0 amide bonds. The van der Waals surface area contributed by atoms with E-state index in [-0.39, 0.29) is 13.0 Å². The van der Waals surface area contributed by atoms with Crippen molar-refractivity contribution in [3.8, 4) is 9.85 Å². The van der Waals surface area contributed by atoms with E-state index in [0.717, 1.165) is 5.56 Å². The number of benzene rings is 2. The molecule has 0 saturated carbocycles. The standard InChI is InChI=1S/C18H16F3IO4S/c19-18(20,21)27(23,24)26-22(17-11-5-2-6-12-17)13-7-8-14-25-15-16-9-3-1-4-10-16/h1-6,9-12H,8,14-15H2. The van der Waals surface area contributed by atoms with Crippen molar-refractivity contribution in [2.24, 2.45) is 0 Å². The summed E-state index contributed by atoms with van der Waals surface area (Å²) in [6.07, 6.45) is 0.253. The van der Waals surface area contributed by atoms with Crippen LogP contribution in [0, 0.1) is 13.4 Å². The molecule has 0 fully saturated rings. The molecule has 2 aromatic carbocycles. The Hall–Kier alpha value is -1.61. The zero-order valence-electron chi connectivity index (χ0n) is 13.9. The van der Waals surface area contributed by atoms with Gasteiger partial charge in [-0.05, 0) is 0 Å². The van der Waals surface area contributed by atoms with Crippen LogP contribution in [0.2, 0.25) is 0 Å². The van der Waals surface area contributed by atoms with Gasteiger partial charge in [0.2, 0.25) is 0 Å². The van der Waals surface area contributed by atoms with Crippen molar-refractivity contribution in [3.63, 3.8) is 0 Å². The molecule has 4 nitrogen and oxygen atoms in total. The van der Waals surface area contributed by atoms with Gasteiger partial charge in [0.15, 0.2) is 0 Å². The van der Waals surface area contributed by atoms with Crippen LogP contribution in [0.3, 0.4) is 0 Å². The van der Waals surface area contributed by atoms with Gasteiger partial charge >= 0.3 is 164 Å². The number of halogens is 4. The first kappa shape index (κ1) is 21.7. The molecule has 0 spiro atoms. The van der Waals surface area contributed by atoms with Crippen molar-refractivity contribution in [2.75, 3.05) is 6.61 Å². The van der Waals surface area contributed by atoms with Gasteiger partial charge in [-0.3, -0.25) is 0 Å². The van der Waals surface area contributed by atoms with E-state index in [2.05, 4.69) is 12.4 Å². The van der Waals surface area contributed by atoms with E-state index in [1.54, 1.807) is 18.2 Å². The Morgan fingerprint density at radius 3 is 2.15 bits per heavy atom. The Morgan fingerprint density at radius 2 is 1.56 bits per heavy atom. The minimum atomic E-state index is -5.69. The topological polar surface area (TPSA) is 52.6 Å². The number of alkyl halides is 3. The van der Waals surface area contributed by atoms with Gasteiger partial charge in [-0.2, -0.15) is 0 Å². The minimum absolute atomic E-state index is 0.253. The second-order valence-corrected chi connectivity index (χ2v) is 10.8. The van der Waals surface area contributed by atoms with Crippen LogP contribution in [-0.2, 0) is 24.0 Å². The van der Waals surface area contributed by atoms with Crippen LogP contribution in [0.5, 0.6) is 0 Å². The third-order valence-corrected chi connectivity index (χ3v) is 9.08. The Balaban J connectivity index is 1.98. The van der Waals surface area contributed by atoms with Gasteiger partial charge in [0.25, 0.3) is 0 Å². The molecular formula is C18H16F3IO4S. The normalized spacial score (nSPS) is 12.2.